The lowest BCUT2D eigenvalue weighted by molar-refractivity contribution is -0.896. The van der Waals surface area contributed by atoms with Crippen LogP contribution in [-0.2, 0) is 22.5 Å². The number of quaternary nitrogens is 1. The molecule has 0 N–H and O–H groups in total. The molecule has 2 aromatic rings. The van der Waals surface area contributed by atoms with Crippen LogP contribution in [-0.4, -0.2) is 44.3 Å². The van der Waals surface area contributed by atoms with E-state index in [-0.39, 0.29) is 5.97 Å². The van der Waals surface area contributed by atoms with E-state index in [1.165, 1.54) is 75.3 Å². The van der Waals surface area contributed by atoms with Crippen LogP contribution in [0.25, 0.3) is 0 Å². The van der Waals surface area contributed by atoms with Crippen LogP contribution in [0.2, 0.25) is 0 Å². The number of esters is 1. The molecule has 0 aliphatic carbocycles. The molecule has 2 aromatic carbocycles. The highest BCUT2D eigenvalue weighted by molar-refractivity contribution is 5.70. The number of likely N-dealkylation sites (N-methyl/N-ethyl adjacent to an activating group) is 1. The second kappa shape index (κ2) is 18.8. The number of carbonyl (C=O) groups is 1. The van der Waals surface area contributed by atoms with Crippen molar-refractivity contribution in [1.82, 2.24) is 0 Å². The van der Waals surface area contributed by atoms with Gasteiger partial charge in [-0.1, -0.05) is 107 Å². The van der Waals surface area contributed by atoms with Gasteiger partial charge in [0, 0.05) is 5.56 Å². The number of rotatable bonds is 21. The third kappa shape index (κ3) is 15.5. The third-order valence-corrected chi connectivity index (χ3v) is 6.82. The van der Waals surface area contributed by atoms with Crippen molar-refractivity contribution < 1.29 is 18.8 Å². The van der Waals surface area contributed by atoms with Crippen LogP contribution < -0.4 is 4.74 Å². The summed E-state index contributed by atoms with van der Waals surface area (Å²) in [6.45, 7) is 4.55. The standard InChI is InChI=1S/C33H52NO3/c1-4-5-6-7-8-9-10-11-12-14-19-30-22-24-32(25-23-30)36-26-17-18-27-37-33(35)29-34(2,3)28-31-20-15-13-16-21-31/h13,15-16,20-25H,4-12,14,17-19,26-29H2,1-3H3/q+1. The highest BCUT2D eigenvalue weighted by Gasteiger charge is 2.21. The van der Waals surface area contributed by atoms with Crippen LogP contribution >= 0.6 is 0 Å². The molecule has 0 aliphatic rings. The molecule has 2 rings (SSSR count). The Morgan fingerprint density at radius 2 is 1.27 bits per heavy atom. The third-order valence-electron chi connectivity index (χ3n) is 6.82. The van der Waals surface area contributed by atoms with E-state index in [0.717, 1.165) is 31.6 Å². The molecule has 0 heterocycles. The Balaban J connectivity index is 1.46. The number of nitrogens with zero attached hydrogens (tertiary/aromatic N) is 1. The van der Waals surface area contributed by atoms with Gasteiger partial charge in [-0.2, -0.15) is 0 Å². The summed E-state index contributed by atoms with van der Waals surface area (Å²) in [5.41, 5.74) is 2.62. The Morgan fingerprint density at radius 3 is 1.92 bits per heavy atom. The van der Waals surface area contributed by atoms with Crippen molar-refractivity contribution in [3.63, 3.8) is 0 Å². The number of unbranched alkanes of at least 4 members (excludes halogenated alkanes) is 10. The van der Waals surface area contributed by atoms with Crippen LogP contribution in [0, 0.1) is 0 Å². The molecule has 0 spiro atoms. The van der Waals surface area contributed by atoms with Crippen molar-refractivity contribution >= 4 is 5.97 Å². The highest BCUT2D eigenvalue weighted by atomic mass is 16.5. The maximum absolute atomic E-state index is 12.3. The molecule has 0 saturated heterocycles. The van der Waals surface area contributed by atoms with E-state index in [2.05, 4.69) is 57.4 Å². The number of ether oxygens (including phenoxy) is 2. The smallest absolute Gasteiger partial charge is 0.361 e. The lowest BCUT2D eigenvalue weighted by atomic mass is 10.0. The van der Waals surface area contributed by atoms with E-state index < -0.39 is 0 Å². The van der Waals surface area contributed by atoms with Crippen LogP contribution in [0.3, 0.4) is 0 Å². The summed E-state index contributed by atoms with van der Waals surface area (Å²) in [4.78, 5) is 12.3. The zero-order valence-electron chi connectivity index (χ0n) is 23.9. The summed E-state index contributed by atoms with van der Waals surface area (Å²) >= 11 is 0. The van der Waals surface area contributed by atoms with E-state index in [1.54, 1.807) is 0 Å². The van der Waals surface area contributed by atoms with Crippen molar-refractivity contribution in [2.75, 3.05) is 33.9 Å². The summed E-state index contributed by atoms with van der Waals surface area (Å²) in [5, 5.41) is 0. The normalized spacial score (nSPS) is 11.4. The van der Waals surface area contributed by atoms with E-state index in [4.69, 9.17) is 9.47 Å². The van der Waals surface area contributed by atoms with E-state index in [9.17, 15) is 4.79 Å². The van der Waals surface area contributed by atoms with Gasteiger partial charge >= 0.3 is 5.97 Å². The van der Waals surface area contributed by atoms with Gasteiger partial charge < -0.3 is 14.0 Å². The van der Waals surface area contributed by atoms with E-state index in [0.29, 0.717) is 24.2 Å². The molecule has 0 aromatic heterocycles. The zero-order valence-corrected chi connectivity index (χ0v) is 23.9. The maximum atomic E-state index is 12.3. The molecule has 0 aliphatic heterocycles. The van der Waals surface area contributed by atoms with Gasteiger partial charge in [0.05, 0.1) is 27.3 Å². The molecular formula is C33H52NO3+. The molecule has 0 radical (unpaired) electrons. The van der Waals surface area contributed by atoms with Crippen LogP contribution in [0.5, 0.6) is 5.75 Å². The van der Waals surface area contributed by atoms with Crippen LogP contribution in [0.4, 0.5) is 0 Å². The van der Waals surface area contributed by atoms with Gasteiger partial charge in [-0.05, 0) is 43.4 Å². The monoisotopic (exact) mass is 510 g/mol. The average Bonchev–Trinajstić information content (AvgIpc) is 2.88. The Labute approximate surface area is 227 Å². The highest BCUT2D eigenvalue weighted by Crippen LogP contribution is 2.16. The first-order chi connectivity index (χ1) is 18.0. The van der Waals surface area contributed by atoms with Crippen LogP contribution in [0.15, 0.2) is 54.6 Å². The number of hydrogen-bond acceptors (Lipinski definition) is 3. The predicted octanol–water partition coefficient (Wildman–Crippen LogP) is 8.13. The molecule has 206 valence electrons. The number of benzene rings is 2. The molecule has 0 amide bonds. The molecule has 4 heteroatoms. The lowest BCUT2D eigenvalue weighted by Crippen LogP contribution is -2.43. The Hall–Kier alpha value is -2.33. The van der Waals surface area contributed by atoms with Gasteiger partial charge in [0.2, 0.25) is 0 Å². The minimum absolute atomic E-state index is 0.139. The summed E-state index contributed by atoms with van der Waals surface area (Å²) in [5.74, 6) is 0.781. The molecule has 0 bridgehead atoms. The van der Waals surface area contributed by atoms with Crippen molar-refractivity contribution in [3.05, 3.63) is 65.7 Å². The fraction of sp³-hybridized carbons (Fsp3) is 0.606. The van der Waals surface area contributed by atoms with Gasteiger partial charge in [0.15, 0.2) is 6.54 Å². The Bertz CT molecular complexity index is 832. The van der Waals surface area contributed by atoms with Gasteiger partial charge in [-0.15, -0.1) is 0 Å². The summed E-state index contributed by atoms with van der Waals surface area (Å²) in [6, 6.07) is 18.8. The maximum Gasteiger partial charge on any atom is 0.361 e. The number of aryl methyl sites for hydroxylation is 1. The molecule has 4 nitrogen and oxygen atoms in total. The molecule has 0 saturated carbocycles. The number of carbonyl (C=O) groups excluding carboxylic acids is 1. The van der Waals surface area contributed by atoms with Crippen LogP contribution in [0.1, 0.15) is 95.1 Å². The van der Waals surface area contributed by atoms with E-state index >= 15 is 0 Å². The average molecular weight is 511 g/mol. The SMILES string of the molecule is CCCCCCCCCCCCc1ccc(OCCCCOC(=O)C[N+](C)(C)Cc2ccccc2)cc1. The molecule has 0 unspecified atom stereocenters. The predicted molar refractivity (Wildman–Crippen MR) is 155 cm³/mol. The zero-order chi connectivity index (χ0) is 26.6. The fourth-order valence-electron chi connectivity index (χ4n) is 4.68. The topological polar surface area (TPSA) is 35.5 Å². The summed E-state index contributed by atoms with van der Waals surface area (Å²) < 4.78 is 11.9. The Kier molecular flexibility index (Phi) is 15.7. The van der Waals surface area contributed by atoms with Crippen molar-refractivity contribution in [2.24, 2.45) is 0 Å². The second-order valence-corrected chi connectivity index (χ2v) is 11.1. The van der Waals surface area contributed by atoms with Gasteiger partial charge in [0.1, 0.15) is 12.3 Å². The minimum Gasteiger partial charge on any atom is -0.494 e. The van der Waals surface area contributed by atoms with Crippen molar-refractivity contribution in [3.8, 4) is 5.75 Å². The first-order valence-corrected chi connectivity index (χ1v) is 14.7. The first kappa shape index (κ1) is 30.9. The quantitative estimate of drug-likeness (QED) is 0.0966. The van der Waals surface area contributed by atoms with Gasteiger partial charge in [-0.25, -0.2) is 4.79 Å². The van der Waals surface area contributed by atoms with Gasteiger partial charge in [-0.3, -0.25) is 0 Å². The summed E-state index contributed by atoms with van der Waals surface area (Å²) in [6.07, 6.45) is 16.6. The molecular weight excluding hydrogens is 458 g/mol. The largest absolute Gasteiger partial charge is 0.494 e. The van der Waals surface area contributed by atoms with E-state index in [1.807, 2.05) is 18.2 Å². The fourth-order valence-corrected chi connectivity index (χ4v) is 4.68. The first-order valence-electron chi connectivity index (χ1n) is 14.7. The second-order valence-electron chi connectivity index (χ2n) is 11.1. The summed E-state index contributed by atoms with van der Waals surface area (Å²) in [7, 11) is 4.12. The molecule has 0 atom stereocenters. The van der Waals surface area contributed by atoms with Crippen molar-refractivity contribution in [1.29, 1.82) is 0 Å². The molecule has 37 heavy (non-hydrogen) atoms. The molecule has 0 fully saturated rings. The minimum atomic E-state index is -0.139. The lowest BCUT2D eigenvalue weighted by Gasteiger charge is -2.28. The van der Waals surface area contributed by atoms with Crippen molar-refractivity contribution in [2.45, 2.75) is 96.9 Å². The number of hydrogen-bond donors (Lipinski definition) is 0. The Morgan fingerprint density at radius 1 is 0.676 bits per heavy atom. The van der Waals surface area contributed by atoms with Gasteiger partial charge in [0.25, 0.3) is 0 Å².